The van der Waals surface area contributed by atoms with Crippen LogP contribution in [0.25, 0.3) is 0 Å². The fraction of sp³-hybridized carbons (Fsp3) is 0.278. The van der Waals surface area contributed by atoms with Crippen molar-refractivity contribution in [1.29, 1.82) is 0 Å². The Morgan fingerprint density at radius 3 is 2.61 bits per heavy atom. The summed E-state index contributed by atoms with van der Waals surface area (Å²) in [6.45, 7) is 2.40. The van der Waals surface area contributed by atoms with Crippen LogP contribution in [0.4, 0.5) is 10.1 Å². The zero-order valence-electron chi connectivity index (χ0n) is 13.3. The first kappa shape index (κ1) is 17.0. The Balaban J connectivity index is 2.04. The van der Waals surface area contributed by atoms with E-state index in [1.807, 2.05) is 30.3 Å². The molecule has 0 saturated carbocycles. The number of hydrogen-bond donors (Lipinski definition) is 2. The van der Waals surface area contributed by atoms with E-state index < -0.39 is 11.8 Å². The molecule has 23 heavy (non-hydrogen) atoms. The molecule has 0 bridgehead atoms. The number of nitrogens with one attached hydrogen (secondary N) is 1. The highest BCUT2D eigenvalue weighted by Gasteiger charge is 2.12. The predicted octanol–water partition coefficient (Wildman–Crippen LogP) is 3.20. The standard InChI is InChI=1S/C18H21FN2O2/c1-13(15-6-4-3-5-7-15)20-11-14-8-9-16(19)17(10-14)21(2)12-18(22)23/h3-10,13,20H,11-12H2,1-2H3,(H,22,23). The normalized spacial score (nSPS) is 12.0. The lowest BCUT2D eigenvalue weighted by molar-refractivity contribution is -0.135. The van der Waals surface area contributed by atoms with Crippen molar-refractivity contribution in [2.45, 2.75) is 19.5 Å². The maximum absolute atomic E-state index is 13.9. The number of carboxylic acids is 1. The zero-order valence-corrected chi connectivity index (χ0v) is 13.3. The van der Waals surface area contributed by atoms with Crippen molar-refractivity contribution in [3.8, 4) is 0 Å². The second-order valence-corrected chi connectivity index (χ2v) is 5.55. The highest BCUT2D eigenvalue weighted by molar-refractivity contribution is 5.73. The summed E-state index contributed by atoms with van der Waals surface area (Å²) in [5.74, 6) is -1.42. The van der Waals surface area contributed by atoms with E-state index >= 15 is 0 Å². The summed E-state index contributed by atoms with van der Waals surface area (Å²) < 4.78 is 13.9. The van der Waals surface area contributed by atoms with Gasteiger partial charge in [-0.25, -0.2) is 4.39 Å². The molecular formula is C18H21FN2O2. The van der Waals surface area contributed by atoms with Gasteiger partial charge in [-0.3, -0.25) is 4.79 Å². The number of carboxylic acid groups (broad SMARTS) is 1. The van der Waals surface area contributed by atoms with Gasteiger partial charge in [-0.2, -0.15) is 0 Å². The summed E-state index contributed by atoms with van der Waals surface area (Å²) in [4.78, 5) is 12.2. The average molecular weight is 316 g/mol. The molecular weight excluding hydrogens is 295 g/mol. The first-order valence-corrected chi connectivity index (χ1v) is 7.47. The van der Waals surface area contributed by atoms with E-state index in [2.05, 4.69) is 12.2 Å². The fourth-order valence-electron chi connectivity index (χ4n) is 2.38. The van der Waals surface area contributed by atoms with Crippen LogP contribution in [0.15, 0.2) is 48.5 Å². The minimum atomic E-state index is -0.992. The van der Waals surface area contributed by atoms with E-state index in [1.54, 1.807) is 19.2 Å². The van der Waals surface area contributed by atoms with E-state index in [0.29, 0.717) is 12.2 Å². The van der Waals surface area contributed by atoms with Crippen molar-refractivity contribution >= 4 is 11.7 Å². The Morgan fingerprint density at radius 1 is 1.26 bits per heavy atom. The number of benzene rings is 2. The lowest BCUT2D eigenvalue weighted by atomic mass is 10.1. The Hall–Kier alpha value is -2.40. The highest BCUT2D eigenvalue weighted by Crippen LogP contribution is 2.20. The third kappa shape index (κ3) is 4.79. The van der Waals surface area contributed by atoms with Crippen LogP contribution >= 0.6 is 0 Å². The van der Waals surface area contributed by atoms with Crippen LogP contribution in [-0.2, 0) is 11.3 Å². The third-order valence-corrected chi connectivity index (χ3v) is 3.71. The number of rotatable bonds is 7. The lowest BCUT2D eigenvalue weighted by Crippen LogP contribution is -2.26. The molecule has 0 fully saturated rings. The molecule has 0 aliphatic heterocycles. The van der Waals surface area contributed by atoms with Crippen molar-refractivity contribution in [2.75, 3.05) is 18.5 Å². The third-order valence-electron chi connectivity index (χ3n) is 3.71. The molecule has 2 N–H and O–H groups in total. The summed E-state index contributed by atoms with van der Waals surface area (Å²) in [6.07, 6.45) is 0. The number of anilines is 1. The molecule has 2 aromatic carbocycles. The van der Waals surface area contributed by atoms with E-state index in [9.17, 15) is 9.18 Å². The van der Waals surface area contributed by atoms with Crippen molar-refractivity contribution in [3.63, 3.8) is 0 Å². The van der Waals surface area contributed by atoms with Crippen LogP contribution in [0.3, 0.4) is 0 Å². The van der Waals surface area contributed by atoms with Gasteiger partial charge in [0.2, 0.25) is 0 Å². The summed E-state index contributed by atoms with van der Waals surface area (Å²) >= 11 is 0. The van der Waals surface area contributed by atoms with Gasteiger partial charge in [0.1, 0.15) is 12.4 Å². The van der Waals surface area contributed by atoms with E-state index in [-0.39, 0.29) is 12.6 Å². The molecule has 0 heterocycles. The van der Waals surface area contributed by atoms with Gasteiger partial charge in [-0.1, -0.05) is 36.4 Å². The van der Waals surface area contributed by atoms with Crippen LogP contribution < -0.4 is 10.2 Å². The number of halogens is 1. The van der Waals surface area contributed by atoms with Gasteiger partial charge in [0.25, 0.3) is 0 Å². The van der Waals surface area contributed by atoms with Gasteiger partial charge in [-0.05, 0) is 30.2 Å². The van der Waals surface area contributed by atoms with Crippen molar-refractivity contribution < 1.29 is 14.3 Å². The quantitative estimate of drug-likeness (QED) is 0.823. The van der Waals surface area contributed by atoms with Crippen LogP contribution in [0.2, 0.25) is 0 Å². The minimum Gasteiger partial charge on any atom is -0.480 e. The Kier molecular flexibility index (Phi) is 5.71. The Bertz CT molecular complexity index is 661. The summed E-state index contributed by atoms with van der Waals surface area (Å²) in [6, 6.07) is 15.0. The van der Waals surface area contributed by atoms with E-state index in [0.717, 1.165) is 5.56 Å². The molecule has 2 aromatic rings. The average Bonchev–Trinajstić information content (AvgIpc) is 2.53. The number of aliphatic carboxylic acids is 1. The van der Waals surface area contributed by atoms with Gasteiger partial charge in [0.05, 0.1) is 5.69 Å². The van der Waals surface area contributed by atoms with Crippen LogP contribution in [-0.4, -0.2) is 24.7 Å². The second kappa shape index (κ2) is 7.74. The smallest absolute Gasteiger partial charge is 0.323 e. The fourth-order valence-corrected chi connectivity index (χ4v) is 2.38. The van der Waals surface area contributed by atoms with E-state index in [4.69, 9.17) is 5.11 Å². The topological polar surface area (TPSA) is 52.6 Å². The Morgan fingerprint density at radius 2 is 1.96 bits per heavy atom. The van der Waals surface area contributed by atoms with Crippen LogP contribution in [0.1, 0.15) is 24.1 Å². The largest absolute Gasteiger partial charge is 0.480 e. The molecule has 1 unspecified atom stereocenters. The molecule has 4 nitrogen and oxygen atoms in total. The SMILES string of the molecule is CC(NCc1ccc(F)c(N(C)CC(=O)O)c1)c1ccccc1. The molecule has 0 radical (unpaired) electrons. The minimum absolute atomic E-state index is 0.168. The van der Waals surface area contributed by atoms with Crippen molar-refractivity contribution in [1.82, 2.24) is 5.32 Å². The number of nitrogens with zero attached hydrogens (tertiary/aromatic N) is 1. The number of carbonyl (C=O) groups is 1. The maximum atomic E-state index is 13.9. The van der Waals surface area contributed by atoms with Crippen molar-refractivity contribution in [3.05, 3.63) is 65.5 Å². The Labute approximate surface area is 135 Å². The summed E-state index contributed by atoms with van der Waals surface area (Å²) in [5, 5.41) is 12.2. The van der Waals surface area contributed by atoms with Gasteiger partial charge in [0, 0.05) is 19.6 Å². The van der Waals surface area contributed by atoms with Crippen molar-refractivity contribution in [2.24, 2.45) is 0 Å². The summed E-state index contributed by atoms with van der Waals surface area (Å²) in [5.41, 5.74) is 2.37. The highest BCUT2D eigenvalue weighted by atomic mass is 19.1. The molecule has 0 amide bonds. The van der Waals surface area contributed by atoms with Gasteiger partial charge in [0.15, 0.2) is 0 Å². The van der Waals surface area contributed by atoms with Gasteiger partial charge < -0.3 is 15.3 Å². The molecule has 2 rings (SSSR count). The molecule has 0 aliphatic rings. The van der Waals surface area contributed by atoms with E-state index in [1.165, 1.54) is 16.5 Å². The first-order chi connectivity index (χ1) is 11.0. The molecule has 0 saturated heterocycles. The summed E-state index contributed by atoms with van der Waals surface area (Å²) in [7, 11) is 1.57. The molecule has 0 aromatic heterocycles. The molecule has 122 valence electrons. The lowest BCUT2D eigenvalue weighted by Gasteiger charge is -2.19. The molecule has 5 heteroatoms. The molecule has 0 spiro atoms. The maximum Gasteiger partial charge on any atom is 0.323 e. The monoisotopic (exact) mass is 316 g/mol. The van der Waals surface area contributed by atoms with Gasteiger partial charge in [-0.15, -0.1) is 0 Å². The van der Waals surface area contributed by atoms with Gasteiger partial charge >= 0.3 is 5.97 Å². The predicted molar refractivity (Wildman–Crippen MR) is 89.0 cm³/mol. The number of likely N-dealkylation sites (N-methyl/N-ethyl adjacent to an activating group) is 1. The second-order valence-electron chi connectivity index (χ2n) is 5.55. The number of hydrogen-bond acceptors (Lipinski definition) is 3. The first-order valence-electron chi connectivity index (χ1n) is 7.47. The van der Waals surface area contributed by atoms with Crippen LogP contribution in [0.5, 0.6) is 0 Å². The van der Waals surface area contributed by atoms with Crippen LogP contribution in [0, 0.1) is 5.82 Å². The molecule has 0 aliphatic carbocycles. The molecule has 1 atom stereocenters. The zero-order chi connectivity index (χ0) is 16.8.